The lowest BCUT2D eigenvalue weighted by molar-refractivity contribution is 0.253. The zero-order chi connectivity index (χ0) is 10.8. The highest BCUT2D eigenvalue weighted by Gasteiger charge is 2.15. The fraction of sp³-hybridized carbons (Fsp3) is 0. The molecular weight excluding hydrogens is 211 g/mol. The van der Waals surface area contributed by atoms with Crippen molar-refractivity contribution in [3.63, 3.8) is 0 Å². The summed E-state index contributed by atoms with van der Waals surface area (Å²) in [4.78, 5) is 10.1. The van der Waals surface area contributed by atoms with Gasteiger partial charge in [-0.15, -0.1) is 0 Å². The zero-order valence-corrected chi connectivity index (χ0v) is 7.71. The number of hydrogen-bond acceptors (Lipinski definition) is 3. The molecule has 0 bridgehead atoms. The fourth-order valence-electron chi connectivity index (χ4n) is 0.805. The summed E-state index contributed by atoms with van der Waals surface area (Å²) in [7, 11) is -3.97. The van der Waals surface area contributed by atoms with Crippen LogP contribution in [0.15, 0.2) is 29.2 Å². The molecule has 0 atom stereocenters. The summed E-state index contributed by atoms with van der Waals surface area (Å²) in [5, 5.41) is 0. The molecule has 0 aliphatic carbocycles. The molecule has 0 saturated heterocycles. The Kier molecular flexibility index (Phi) is 2.70. The summed E-state index contributed by atoms with van der Waals surface area (Å²) in [6, 6.07) is 2.81. The molecule has 0 saturated carbocycles. The molecule has 2 amide bonds. The van der Waals surface area contributed by atoms with Crippen LogP contribution in [0.2, 0.25) is 0 Å². The van der Waals surface area contributed by atoms with E-state index in [0.29, 0.717) is 0 Å². The SMILES string of the molecule is NC(=O)NS(=O)(=O)c1ccc(F)cc1. The summed E-state index contributed by atoms with van der Waals surface area (Å²) >= 11 is 0. The van der Waals surface area contributed by atoms with Crippen LogP contribution >= 0.6 is 0 Å². The van der Waals surface area contributed by atoms with Crippen molar-refractivity contribution in [2.45, 2.75) is 4.90 Å². The molecule has 0 fully saturated rings. The van der Waals surface area contributed by atoms with Crippen LogP contribution in [0.25, 0.3) is 0 Å². The number of carbonyl (C=O) groups is 1. The molecule has 1 aromatic rings. The van der Waals surface area contributed by atoms with E-state index < -0.39 is 21.9 Å². The standard InChI is InChI=1S/C7H7FN2O3S/c8-5-1-3-6(4-2-5)14(12,13)10-7(9)11/h1-4H,(H3,9,10,11). The lowest BCUT2D eigenvalue weighted by atomic mass is 10.4. The molecule has 1 aromatic carbocycles. The monoisotopic (exact) mass is 218 g/mol. The third-order valence-corrected chi connectivity index (χ3v) is 2.72. The minimum absolute atomic E-state index is 0.224. The Morgan fingerprint density at radius 3 is 2.21 bits per heavy atom. The zero-order valence-electron chi connectivity index (χ0n) is 6.90. The maximum atomic E-state index is 12.4. The van der Waals surface area contributed by atoms with Crippen LogP contribution < -0.4 is 10.5 Å². The van der Waals surface area contributed by atoms with Crippen LogP contribution in [0.5, 0.6) is 0 Å². The van der Waals surface area contributed by atoms with E-state index in [1.54, 1.807) is 4.72 Å². The maximum absolute atomic E-state index is 12.4. The van der Waals surface area contributed by atoms with Crippen LogP contribution in [-0.2, 0) is 10.0 Å². The molecule has 14 heavy (non-hydrogen) atoms. The summed E-state index contributed by atoms with van der Waals surface area (Å²) in [6.45, 7) is 0. The number of halogens is 1. The minimum Gasteiger partial charge on any atom is -0.351 e. The van der Waals surface area contributed by atoms with Crippen molar-refractivity contribution >= 4 is 16.1 Å². The molecule has 0 aromatic heterocycles. The Morgan fingerprint density at radius 1 is 1.29 bits per heavy atom. The maximum Gasteiger partial charge on any atom is 0.326 e. The number of rotatable bonds is 2. The first-order valence-electron chi connectivity index (χ1n) is 3.49. The van der Waals surface area contributed by atoms with Gasteiger partial charge in [-0.3, -0.25) is 0 Å². The Hall–Kier alpha value is -1.63. The van der Waals surface area contributed by atoms with Crippen LogP contribution in [0.1, 0.15) is 0 Å². The van der Waals surface area contributed by atoms with Gasteiger partial charge >= 0.3 is 6.03 Å². The molecule has 0 aliphatic rings. The van der Waals surface area contributed by atoms with E-state index in [0.717, 1.165) is 24.3 Å². The van der Waals surface area contributed by atoms with E-state index >= 15 is 0 Å². The normalized spacial score (nSPS) is 10.9. The highest BCUT2D eigenvalue weighted by Crippen LogP contribution is 2.08. The molecule has 0 aliphatic heterocycles. The lowest BCUT2D eigenvalue weighted by Crippen LogP contribution is -2.34. The average molecular weight is 218 g/mol. The van der Waals surface area contributed by atoms with Crippen molar-refractivity contribution < 1.29 is 17.6 Å². The number of primary amides is 1. The van der Waals surface area contributed by atoms with Gasteiger partial charge in [0, 0.05) is 0 Å². The van der Waals surface area contributed by atoms with Gasteiger partial charge < -0.3 is 5.73 Å². The predicted molar refractivity (Wildman–Crippen MR) is 46.3 cm³/mol. The number of carbonyl (C=O) groups excluding carboxylic acids is 1. The van der Waals surface area contributed by atoms with Gasteiger partial charge in [-0.2, -0.15) is 0 Å². The van der Waals surface area contributed by atoms with Gasteiger partial charge in [0.25, 0.3) is 10.0 Å². The number of nitrogens with one attached hydrogen (secondary N) is 1. The summed E-state index contributed by atoms with van der Waals surface area (Å²) < 4.78 is 36.4. The fourth-order valence-corrected chi connectivity index (χ4v) is 1.68. The molecule has 0 heterocycles. The van der Waals surface area contributed by atoms with Crippen LogP contribution in [0.3, 0.4) is 0 Å². The van der Waals surface area contributed by atoms with Crippen molar-refractivity contribution in [1.29, 1.82) is 0 Å². The quantitative estimate of drug-likeness (QED) is 0.742. The molecule has 3 N–H and O–H groups in total. The second-order valence-corrected chi connectivity index (χ2v) is 4.11. The smallest absolute Gasteiger partial charge is 0.326 e. The summed E-state index contributed by atoms with van der Waals surface area (Å²) in [6.07, 6.45) is 0. The molecular formula is C7H7FN2O3S. The van der Waals surface area contributed by atoms with Crippen LogP contribution in [0.4, 0.5) is 9.18 Å². The van der Waals surface area contributed by atoms with E-state index in [4.69, 9.17) is 0 Å². The van der Waals surface area contributed by atoms with Crippen molar-refractivity contribution in [1.82, 2.24) is 4.72 Å². The van der Waals surface area contributed by atoms with Crippen molar-refractivity contribution in [3.05, 3.63) is 30.1 Å². The first kappa shape index (κ1) is 10.5. The van der Waals surface area contributed by atoms with E-state index in [-0.39, 0.29) is 4.90 Å². The van der Waals surface area contributed by atoms with E-state index in [1.165, 1.54) is 0 Å². The molecule has 0 spiro atoms. The van der Waals surface area contributed by atoms with Crippen molar-refractivity contribution in [2.24, 2.45) is 5.73 Å². The first-order valence-corrected chi connectivity index (χ1v) is 4.98. The molecule has 5 nitrogen and oxygen atoms in total. The van der Waals surface area contributed by atoms with Gasteiger partial charge in [0.15, 0.2) is 0 Å². The van der Waals surface area contributed by atoms with Crippen molar-refractivity contribution in [2.75, 3.05) is 0 Å². The molecule has 0 unspecified atom stereocenters. The first-order chi connectivity index (χ1) is 6.42. The van der Waals surface area contributed by atoms with Gasteiger partial charge in [-0.1, -0.05) is 0 Å². The van der Waals surface area contributed by atoms with Gasteiger partial charge in [0.1, 0.15) is 5.82 Å². The van der Waals surface area contributed by atoms with Crippen molar-refractivity contribution in [3.8, 4) is 0 Å². The van der Waals surface area contributed by atoms with Gasteiger partial charge in [0.2, 0.25) is 0 Å². The van der Waals surface area contributed by atoms with Crippen LogP contribution in [-0.4, -0.2) is 14.4 Å². The van der Waals surface area contributed by atoms with Crippen LogP contribution in [0, 0.1) is 5.82 Å². The Balaban J connectivity index is 3.05. The van der Waals surface area contributed by atoms with Gasteiger partial charge in [-0.25, -0.2) is 22.3 Å². The number of nitrogens with two attached hydrogens (primary N) is 1. The lowest BCUT2D eigenvalue weighted by Gasteiger charge is -2.03. The Morgan fingerprint density at radius 2 is 1.79 bits per heavy atom. The highest BCUT2D eigenvalue weighted by atomic mass is 32.2. The summed E-state index contributed by atoms with van der Waals surface area (Å²) in [5.74, 6) is -0.567. The third-order valence-electron chi connectivity index (χ3n) is 1.36. The number of hydrogen-bond donors (Lipinski definition) is 2. The van der Waals surface area contributed by atoms with Gasteiger partial charge in [-0.05, 0) is 24.3 Å². The number of amides is 2. The number of sulfonamides is 1. The second kappa shape index (κ2) is 3.62. The Labute approximate surface area is 79.8 Å². The number of urea groups is 1. The third kappa shape index (κ3) is 2.43. The molecule has 76 valence electrons. The Bertz CT molecular complexity index is 441. The molecule has 1 rings (SSSR count). The topological polar surface area (TPSA) is 89.3 Å². The average Bonchev–Trinajstić information content (AvgIpc) is 2.02. The summed E-state index contributed by atoms with van der Waals surface area (Å²) in [5.41, 5.74) is 4.64. The van der Waals surface area contributed by atoms with E-state index in [2.05, 4.69) is 5.73 Å². The largest absolute Gasteiger partial charge is 0.351 e. The molecule has 7 heteroatoms. The van der Waals surface area contributed by atoms with Gasteiger partial charge in [0.05, 0.1) is 4.90 Å². The molecule has 0 radical (unpaired) electrons. The highest BCUT2D eigenvalue weighted by molar-refractivity contribution is 7.90. The predicted octanol–water partition coefficient (Wildman–Crippen LogP) is 0.183. The number of benzene rings is 1. The second-order valence-electron chi connectivity index (χ2n) is 2.42. The minimum atomic E-state index is -3.97. The van der Waals surface area contributed by atoms with E-state index in [9.17, 15) is 17.6 Å². The van der Waals surface area contributed by atoms with E-state index in [1.807, 2.05) is 0 Å².